The number of anilines is 2. The summed E-state index contributed by atoms with van der Waals surface area (Å²) in [5, 5.41) is 0. The van der Waals surface area contributed by atoms with Crippen LogP contribution in [0.5, 0.6) is 5.75 Å². The second-order valence-electron chi connectivity index (χ2n) is 4.30. The van der Waals surface area contributed by atoms with Gasteiger partial charge in [-0.05, 0) is 32.0 Å². The fourth-order valence-electron chi connectivity index (χ4n) is 1.42. The third-order valence-corrected chi connectivity index (χ3v) is 3.56. The Morgan fingerprint density at radius 3 is 2.58 bits per heavy atom. The first-order chi connectivity index (χ1) is 8.84. The first-order valence-electron chi connectivity index (χ1n) is 5.89. The Balaban J connectivity index is 2.65. The molecule has 7 heteroatoms. The molecule has 0 atom stereocenters. The number of sulfonamides is 1. The molecule has 0 unspecified atom stereocenters. The van der Waals surface area contributed by atoms with Crippen molar-refractivity contribution in [1.29, 1.82) is 0 Å². The van der Waals surface area contributed by atoms with Crippen molar-refractivity contribution >= 4 is 21.4 Å². The Labute approximate surface area is 113 Å². The highest BCUT2D eigenvalue weighted by molar-refractivity contribution is 7.92. The van der Waals surface area contributed by atoms with E-state index in [-0.39, 0.29) is 18.5 Å². The minimum absolute atomic E-state index is 0.00632. The van der Waals surface area contributed by atoms with Crippen LogP contribution < -0.4 is 15.2 Å². The quantitative estimate of drug-likeness (QED) is 0.741. The van der Waals surface area contributed by atoms with Crippen molar-refractivity contribution in [2.24, 2.45) is 0 Å². The molecule has 0 fully saturated rings. The van der Waals surface area contributed by atoms with Gasteiger partial charge in [-0.1, -0.05) is 0 Å². The molecule has 0 aliphatic carbocycles. The number of rotatable bonds is 7. The first-order valence-corrected chi connectivity index (χ1v) is 7.55. The lowest BCUT2D eigenvalue weighted by Crippen LogP contribution is -2.21. The van der Waals surface area contributed by atoms with E-state index in [4.69, 9.17) is 15.2 Å². The molecule has 0 radical (unpaired) electrons. The molecular weight excluding hydrogens is 268 g/mol. The zero-order valence-electron chi connectivity index (χ0n) is 11.3. The molecule has 0 saturated carbocycles. The van der Waals surface area contributed by atoms with E-state index in [1.807, 2.05) is 13.8 Å². The predicted molar refractivity (Wildman–Crippen MR) is 75.9 cm³/mol. The van der Waals surface area contributed by atoms with Gasteiger partial charge in [0.2, 0.25) is 10.0 Å². The Morgan fingerprint density at radius 1 is 1.37 bits per heavy atom. The number of nitrogen functional groups attached to an aromatic ring is 1. The van der Waals surface area contributed by atoms with Gasteiger partial charge in [0, 0.05) is 0 Å². The van der Waals surface area contributed by atoms with E-state index in [0.717, 1.165) is 0 Å². The summed E-state index contributed by atoms with van der Waals surface area (Å²) in [7, 11) is -1.94. The monoisotopic (exact) mass is 288 g/mol. The van der Waals surface area contributed by atoms with Crippen molar-refractivity contribution < 1.29 is 17.9 Å². The molecule has 0 amide bonds. The van der Waals surface area contributed by atoms with Crippen molar-refractivity contribution in [1.82, 2.24) is 0 Å². The molecule has 0 bridgehead atoms. The van der Waals surface area contributed by atoms with Gasteiger partial charge in [0.15, 0.2) is 0 Å². The molecule has 3 N–H and O–H groups in total. The maximum Gasteiger partial charge on any atom is 0.235 e. The van der Waals surface area contributed by atoms with Gasteiger partial charge in [0.05, 0.1) is 36.9 Å². The molecular formula is C12H20N2O4S. The van der Waals surface area contributed by atoms with Crippen molar-refractivity contribution in [2.75, 3.05) is 29.9 Å². The van der Waals surface area contributed by atoms with Crippen molar-refractivity contribution in [3.63, 3.8) is 0 Å². The molecule has 1 aromatic rings. The molecule has 1 rings (SSSR count). The van der Waals surface area contributed by atoms with E-state index in [1.165, 1.54) is 13.2 Å². The van der Waals surface area contributed by atoms with E-state index < -0.39 is 10.0 Å². The zero-order valence-corrected chi connectivity index (χ0v) is 12.2. The van der Waals surface area contributed by atoms with Crippen LogP contribution in [0.25, 0.3) is 0 Å². The Bertz CT molecular complexity index is 514. The summed E-state index contributed by atoms with van der Waals surface area (Å²) in [6, 6.07) is 4.72. The van der Waals surface area contributed by atoms with Crippen LogP contribution in [0, 0.1) is 0 Å². The van der Waals surface area contributed by atoms with Gasteiger partial charge in [-0.3, -0.25) is 4.72 Å². The summed E-state index contributed by atoms with van der Waals surface area (Å²) in [4.78, 5) is 0. The van der Waals surface area contributed by atoms with Crippen molar-refractivity contribution in [3.8, 4) is 5.75 Å². The van der Waals surface area contributed by atoms with Gasteiger partial charge in [-0.15, -0.1) is 0 Å². The SMILES string of the molecule is COc1ccc(NS(=O)(=O)CCOC(C)C)cc1N. The highest BCUT2D eigenvalue weighted by Crippen LogP contribution is 2.25. The fourth-order valence-corrected chi connectivity index (χ4v) is 2.33. The van der Waals surface area contributed by atoms with Crippen LogP contribution in [-0.2, 0) is 14.8 Å². The molecule has 108 valence electrons. The van der Waals surface area contributed by atoms with Crippen molar-refractivity contribution in [2.45, 2.75) is 20.0 Å². The largest absolute Gasteiger partial charge is 0.495 e. The van der Waals surface area contributed by atoms with Gasteiger partial charge in [0.1, 0.15) is 5.75 Å². The van der Waals surface area contributed by atoms with Crippen molar-refractivity contribution in [3.05, 3.63) is 18.2 Å². The minimum atomic E-state index is -3.44. The lowest BCUT2D eigenvalue weighted by atomic mass is 10.2. The van der Waals surface area contributed by atoms with E-state index in [0.29, 0.717) is 17.1 Å². The standard InChI is InChI=1S/C12H20N2O4S/c1-9(2)18-6-7-19(15,16)14-10-4-5-12(17-3)11(13)8-10/h4-5,8-9,14H,6-7,13H2,1-3H3. The molecule has 1 aromatic carbocycles. The molecule has 0 saturated heterocycles. The van der Waals surface area contributed by atoms with E-state index in [9.17, 15) is 8.42 Å². The number of hydrogen-bond acceptors (Lipinski definition) is 5. The summed E-state index contributed by atoms with van der Waals surface area (Å²) >= 11 is 0. The average molecular weight is 288 g/mol. The predicted octanol–water partition coefficient (Wildman–Crippen LogP) is 1.44. The van der Waals surface area contributed by atoms with E-state index >= 15 is 0 Å². The second-order valence-corrected chi connectivity index (χ2v) is 6.14. The highest BCUT2D eigenvalue weighted by atomic mass is 32.2. The fraction of sp³-hybridized carbons (Fsp3) is 0.500. The number of methoxy groups -OCH3 is 1. The van der Waals surface area contributed by atoms with Gasteiger partial charge in [-0.25, -0.2) is 8.42 Å². The number of ether oxygens (including phenoxy) is 2. The minimum Gasteiger partial charge on any atom is -0.495 e. The van der Waals surface area contributed by atoms with Gasteiger partial charge in [0.25, 0.3) is 0 Å². The third kappa shape index (κ3) is 5.35. The smallest absolute Gasteiger partial charge is 0.235 e. The number of nitrogens with one attached hydrogen (secondary N) is 1. The number of hydrogen-bond donors (Lipinski definition) is 2. The van der Waals surface area contributed by atoms with Gasteiger partial charge < -0.3 is 15.2 Å². The van der Waals surface area contributed by atoms with Crippen LogP contribution >= 0.6 is 0 Å². The van der Waals surface area contributed by atoms with Gasteiger partial charge in [-0.2, -0.15) is 0 Å². The summed E-state index contributed by atoms with van der Waals surface area (Å²) in [6.45, 7) is 3.85. The highest BCUT2D eigenvalue weighted by Gasteiger charge is 2.12. The van der Waals surface area contributed by atoms with Crippen LogP contribution in [0.3, 0.4) is 0 Å². The molecule has 6 nitrogen and oxygen atoms in total. The van der Waals surface area contributed by atoms with Crippen LogP contribution in [0.4, 0.5) is 11.4 Å². The Kier molecular flexibility index (Phi) is 5.44. The topological polar surface area (TPSA) is 90.6 Å². The maximum atomic E-state index is 11.8. The molecule has 0 aromatic heterocycles. The average Bonchev–Trinajstić information content (AvgIpc) is 2.27. The summed E-state index contributed by atoms with van der Waals surface area (Å²) in [6.07, 6.45) is 0.00632. The second kappa shape index (κ2) is 6.63. The third-order valence-electron chi connectivity index (χ3n) is 2.31. The molecule has 0 aliphatic heterocycles. The summed E-state index contributed by atoms with van der Waals surface area (Å²) in [5.74, 6) is 0.406. The Hall–Kier alpha value is -1.47. The number of nitrogens with two attached hydrogens (primary N) is 1. The van der Waals surface area contributed by atoms with Crippen LogP contribution in [0.1, 0.15) is 13.8 Å². The summed E-state index contributed by atoms with van der Waals surface area (Å²) < 4.78 is 36.2. The van der Waals surface area contributed by atoms with Crippen LogP contribution in [0.15, 0.2) is 18.2 Å². The zero-order chi connectivity index (χ0) is 14.5. The van der Waals surface area contributed by atoms with E-state index in [2.05, 4.69) is 4.72 Å². The number of benzene rings is 1. The van der Waals surface area contributed by atoms with Crippen LogP contribution in [0.2, 0.25) is 0 Å². The molecule has 0 heterocycles. The van der Waals surface area contributed by atoms with Crippen LogP contribution in [-0.4, -0.2) is 34.0 Å². The normalized spacial score (nSPS) is 11.6. The van der Waals surface area contributed by atoms with Gasteiger partial charge >= 0.3 is 0 Å². The summed E-state index contributed by atoms with van der Waals surface area (Å²) in [5.41, 5.74) is 6.49. The maximum absolute atomic E-state index is 11.8. The lowest BCUT2D eigenvalue weighted by Gasteiger charge is -2.11. The lowest BCUT2D eigenvalue weighted by molar-refractivity contribution is 0.0913. The molecule has 19 heavy (non-hydrogen) atoms. The molecule has 0 aliphatic rings. The first kappa shape index (κ1) is 15.6. The Morgan fingerprint density at radius 2 is 2.05 bits per heavy atom. The van der Waals surface area contributed by atoms with E-state index in [1.54, 1.807) is 12.1 Å². The molecule has 0 spiro atoms.